The summed E-state index contributed by atoms with van der Waals surface area (Å²) in [6.07, 6.45) is 3.82. The van der Waals surface area contributed by atoms with E-state index in [1.54, 1.807) is 10.9 Å². The summed E-state index contributed by atoms with van der Waals surface area (Å²) in [6, 6.07) is 16.4. The SMILES string of the molecule is O[C@H](Cc1ccc2ccccc2c1)Cn1cccn1. The van der Waals surface area contributed by atoms with Gasteiger partial charge >= 0.3 is 0 Å². The maximum absolute atomic E-state index is 10.1. The van der Waals surface area contributed by atoms with Crippen LogP contribution in [-0.4, -0.2) is 21.0 Å². The van der Waals surface area contributed by atoms with Crippen LogP contribution in [0.15, 0.2) is 60.9 Å². The van der Waals surface area contributed by atoms with Gasteiger partial charge in [0.25, 0.3) is 0 Å². The zero-order valence-corrected chi connectivity index (χ0v) is 10.6. The van der Waals surface area contributed by atoms with Gasteiger partial charge in [0.2, 0.25) is 0 Å². The lowest BCUT2D eigenvalue weighted by atomic mass is 10.0. The molecule has 0 bridgehead atoms. The van der Waals surface area contributed by atoms with Crippen LogP contribution in [0, 0.1) is 0 Å². The fourth-order valence-electron chi connectivity index (χ4n) is 2.33. The molecule has 0 saturated carbocycles. The van der Waals surface area contributed by atoms with Crippen LogP contribution in [-0.2, 0) is 13.0 Å². The minimum absolute atomic E-state index is 0.416. The number of aliphatic hydroxyl groups excluding tert-OH is 1. The smallest absolute Gasteiger partial charge is 0.0776 e. The molecule has 96 valence electrons. The molecule has 0 spiro atoms. The Kier molecular flexibility index (Phi) is 3.29. The Bertz CT molecular complexity index is 661. The third kappa shape index (κ3) is 2.83. The van der Waals surface area contributed by atoms with Crippen LogP contribution in [0.1, 0.15) is 5.56 Å². The van der Waals surface area contributed by atoms with Crippen LogP contribution in [0.2, 0.25) is 0 Å². The lowest BCUT2D eigenvalue weighted by Gasteiger charge is -2.11. The normalized spacial score (nSPS) is 12.7. The second kappa shape index (κ2) is 5.24. The summed E-state index contributed by atoms with van der Waals surface area (Å²) >= 11 is 0. The largest absolute Gasteiger partial charge is 0.391 e. The van der Waals surface area contributed by atoms with E-state index in [2.05, 4.69) is 35.4 Å². The predicted octanol–water partition coefficient (Wildman–Crippen LogP) is 2.64. The van der Waals surface area contributed by atoms with Crippen molar-refractivity contribution in [3.05, 3.63) is 66.5 Å². The van der Waals surface area contributed by atoms with E-state index in [9.17, 15) is 5.11 Å². The van der Waals surface area contributed by atoms with E-state index >= 15 is 0 Å². The Morgan fingerprint density at radius 3 is 2.68 bits per heavy atom. The molecule has 19 heavy (non-hydrogen) atoms. The van der Waals surface area contributed by atoms with Gasteiger partial charge in [-0.1, -0.05) is 42.5 Å². The highest BCUT2D eigenvalue weighted by Gasteiger charge is 2.07. The van der Waals surface area contributed by atoms with Crippen LogP contribution in [0.4, 0.5) is 0 Å². The van der Waals surface area contributed by atoms with Crippen molar-refractivity contribution in [1.82, 2.24) is 9.78 Å². The molecule has 3 rings (SSSR count). The van der Waals surface area contributed by atoms with Crippen molar-refractivity contribution in [1.29, 1.82) is 0 Å². The molecule has 0 aliphatic carbocycles. The van der Waals surface area contributed by atoms with Crippen LogP contribution >= 0.6 is 0 Å². The number of aromatic nitrogens is 2. The summed E-state index contributed by atoms with van der Waals surface area (Å²) in [4.78, 5) is 0. The lowest BCUT2D eigenvalue weighted by molar-refractivity contribution is 0.149. The fourth-order valence-corrected chi connectivity index (χ4v) is 2.33. The molecule has 3 nitrogen and oxygen atoms in total. The molecule has 0 amide bonds. The minimum atomic E-state index is -0.416. The Morgan fingerprint density at radius 2 is 1.89 bits per heavy atom. The van der Waals surface area contributed by atoms with E-state index in [1.165, 1.54) is 10.8 Å². The van der Waals surface area contributed by atoms with Gasteiger partial charge in [0, 0.05) is 18.8 Å². The third-order valence-electron chi connectivity index (χ3n) is 3.24. The summed E-state index contributed by atoms with van der Waals surface area (Å²) < 4.78 is 1.76. The second-order valence-corrected chi connectivity index (χ2v) is 4.77. The molecule has 3 aromatic rings. The highest BCUT2D eigenvalue weighted by Crippen LogP contribution is 2.16. The molecule has 1 aromatic heterocycles. The van der Waals surface area contributed by atoms with Gasteiger partial charge in [-0.15, -0.1) is 0 Å². The van der Waals surface area contributed by atoms with E-state index < -0.39 is 6.10 Å². The summed E-state index contributed by atoms with van der Waals surface area (Å²) in [5.74, 6) is 0. The number of fused-ring (bicyclic) bond motifs is 1. The van der Waals surface area contributed by atoms with Gasteiger partial charge < -0.3 is 5.11 Å². The van der Waals surface area contributed by atoms with E-state index in [4.69, 9.17) is 0 Å². The molecule has 0 radical (unpaired) electrons. The molecule has 1 atom stereocenters. The van der Waals surface area contributed by atoms with E-state index in [0.29, 0.717) is 13.0 Å². The topological polar surface area (TPSA) is 38.0 Å². The van der Waals surface area contributed by atoms with Crippen molar-refractivity contribution in [2.75, 3.05) is 0 Å². The average molecular weight is 252 g/mol. The molecular weight excluding hydrogens is 236 g/mol. The maximum Gasteiger partial charge on any atom is 0.0776 e. The van der Waals surface area contributed by atoms with Gasteiger partial charge in [-0.25, -0.2) is 0 Å². The number of rotatable bonds is 4. The van der Waals surface area contributed by atoms with Gasteiger partial charge in [-0.05, 0) is 22.4 Å². The Labute approximate surface area is 112 Å². The Balaban J connectivity index is 1.73. The zero-order chi connectivity index (χ0) is 13.1. The number of hydrogen-bond acceptors (Lipinski definition) is 2. The molecule has 0 saturated heterocycles. The maximum atomic E-state index is 10.1. The second-order valence-electron chi connectivity index (χ2n) is 4.77. The van der Waals surface area contributed by atoms with Gasteiger partial charge in [0.15, 0.2) is 0 Å². The van der Waals surface area contributed by atoms with Gasteiger partial charge in [0.05, 0.1) is 12.6 Å². The van der Waals surface area contributed by atoms with Crippen LogP contribution in [0.25, 0.3) is 10.8 Å². The molecule has 2 aromatic carbocycles. The van der Waals surface area contributed by atoms with E-state index in [0.717, 1.165) is 5.56 Å². The molecular formula is C16H16N2O. The first-order chi connectivity index (χ1) is 9.31. The van der Waals surface area contributed by atoms with Gasteiger partial charge in [0.1, 0.15) is 0 Å². The highest BCUT2D eigenvalue weighted by molar-refractivity contribution is 5.82. The Morgan fingerprint density at radius 1 is 1.05 bits per heavy atom. The molecule has 3 heteroatoms. The number of benzene rings is 2. The standard InChI is InChI=1S/C16H16N2O/c19-16(12-18-9-3-8-17-18)11-13-6-7-14-4-1-2-5-15(14)10-13/h1-10,16,19H,11-12H2/t16-/m1/s1. The monoisotopic (exact) mass is 252 g/mol. The molecule has 0 fully saturated rings. The summed E-state index contributed by atoms with van der Waals surface area (Å²) in [6.45, 7) is 0.528. The van der Waals surface area contributed by atoms with Gasteiger partial charge in [-0.2, -0.15) is 5.10 Å². The first-order valence-electron chi connectivity index (χ1n) is 6.44. The minimum Gasteiger partial charge on any atom is -0.391 e. The van der Waals surface area contributed by atoms with E-state index in [-0.39, 0.29) is 0 Å². The van der Waals surface area contributed by atoms with E-state index in [1.807, 2.05) is 24.4 Å². The summed E-state index contributed by atoms with van der Waals surface area (Å²) in [7, 11) is 0. The molecule has 1 N–H and O–H groups in total. The van der Waals surface area contributed by atoms with Crippen molar-refractivity contribution >= 4 is 10.8 Å². The third-order valence-corrected chi connectivity index (χ3v) is 3.24. The van der Waals surface area contributed by atoms with Crippen molar-refractivity contribution in [3.8, 4) is 0 Å². The van der Waals surface area contributed by atoms with Crippen molar-refractivity contribution < 1.29 is 5.11 Å². The fraction of sp³-hybridized carbons (Fsp3) is 0.188. The number of aliphatic hydroxyl groups is 1. The van der Waals surface area contributed by atoms with Crippen LogP contribution in [0.3, 0.4) is 0 Å². The zero-order valence-electron chi connectivity index (χ0n) is 10.6. The van der Waals surface area contributed by atoms with Crippen molar-refractivity contribution in [2.24, 2.45) is 0 Å². The van der Waals surface area contributed by atoms with Crippen molar-refractivity contribution in [2.45, 2.75) is 19.1 Å². The van der Waals surface area contributed by atoms with Crippen molar-refractivity contribution in [3.63, 3.8) is 0 Å². The van der Waals surface area contributed by atoms with Crippen LogP contribution in [0.5, 0.6) is 0 Å². The molecule has 0 aliphatic heterocycles. The molecule has 1 heterocycles. The quantitative estimate of drug-likeness (QED) is 0.775. The highest BCUT2D eigenvalue weighted by atomic mass is 16.3. The average Bonchev–Trinajstić information content (AvgIpc) is 2.91. The van der Waals surface area contributed by atoms with Crippen LogP contribution < -0.4 is 0 Å². The van der Waals surface area contributed by atoms with Gasteiger partial charge in [-0.3, -0.25) is 4.68 Å². The first kappa shape index (κ1) is 11.9. The summed E-state index contributed by atoms with van der Waals surface area (Å²) in [5.41, 5.74) is 1.15. The number of hydrogen-bond donors (Lipinski definition) is 1. The predicted molar refractivity (Wildman–Crippen MR) is 75.9 cm³/mol. The molecule has 0 unspecified atom stereocenters. The Hall–Kier alpha value is -2.13. The molecule has 0 aliphatic rings. The summed E-state index contributed by atoms with van der Waals surface area (Å²) in [5, 5.41) is 16.6. The lowest BCUT2D eigenvalue weighted by Crippen LogP contribution is -2.18. The first-order valence-corrected chi connectivity index (χ1v) is 6.44. The number of nitrogens with zero attached hydrogens (tertiary/aromatic N) is 2.